The van der Waals surface area contributed by atoms with Crippen molar-refractivity contribution in [2.24, 2.45) is 5.73 Å². The van der Waals surface area contributed by atoms with E-state index in [0.29, 0.717) is 18.9 Å². The Hall–Kier alpha value is -2.03. The molecule has 2 N–H and O–H groups in total. The summed E-state index contributed by atoms with van der Waals surface area (Å²) in [6, 6.07) is 9.94. The Morgan fingerprint density at radius 3 is 2.94 bits per heavy atom. The van der Waals surface area contributed by atoms with Crippen molar-refractivity contribution in [3.8, 4) is 5.75 Å². The Labute approximate surface area is 108 Å². The molecule has 18 heavy (non-hydrogen) atoms. The van der Waals surface area contributed by atoms with E-state index in [1.807, 2.05) is 30.3 Å². The second kappa shape index (κ2) is 5.54. The molecule has 2 aromatic carbocycles. The van der Waals surface area contributed by atoms with E-state index in [2.05, 4.69) is 0 Å². The fourth-order valence-electron chi connectivity index (χ4n) is 2.04. The van der Waals surface area contributed by atoms with Gasteiger partial charge >= 0.3 is 0 Å². The summed E-state index contributed by atoms with van der Waals surface area (Å²) in [5.41, 5.74) is 6.21. The van der Waals surface area contributed by atoms with Crippen molar-refractivity contribution in [2.75, 3.05) is 7.11 Å². The molecule has 0 aliphatic carbocycles. The number of rotatable bonds is 5. The van der Waals surface area contributed by atoms with Crippen molar-refractivity contribution in [3.05, 3.63) is 41.9 Å². The van der Waals surface area contributed by atoms with Crippen LogP contribution in [0, 0.1) is 0 Å². The quantitative estimate of drug-likeness (QED) is 0.879. The van der Waals surface area contributed by atoms with Crippen molar-refractivity contribution in [1.82, 2.24) is 0 Å². The molecule has 3 heteroatoms. The summed E-state index contributed by atoms with van der Waals surface area (Å²) < 4.78 is 13.0. The van der Waals surface area contributed by atoms with Gasteiger partial charge in [-0.25, -0.2) is 0 Å². The van der Waals surface area contributed by atoms with Gasteiger partial charge in [0.25, 0.3) is 0 Å². The number of ether oxygens (including phenoxy) is 1. The molecule has 0 aliphatic heterocycles. The van der Waals surface area contributed by atoms with E-state index >= 15 is 0 Å². The molecule has 0 radical (unpaired) electrons. The molecule has 0 aromatic heterocycles. The van der Waals surface area contributed by atoms with Gasteiger partial charge in [0.15, 0.2) is 0 Å². The average molecular weight is 244 g/mol. The number of hydrogen-bond acceptors (Lipinski definition) is 2. The lowest BCUT2D eigenvalue weighted by atomic mass is 10.00. The van der Waals surface area contributed by atoms with Crippen molar-refractivity contribution in [2.45, 2.75) is 19.3 Å². The maximum atomic E-state index is 10.8. The normalized spacial score (nSPS) is 11.3. The van der Waals surface area contributed by atoms with Crippen LogP contribution in [-0.4, -0.2) is 13.0 Å². The molecule has 0 atom stereocenters. The van der Waals surface area contributed by atoms with Crippen LogP contribution in [0.25, 0.3) is 10.8 Å². The minimum atomic E-state index is -0.288. The van der Waals surface area contributed by atoms with E-state index in [1.165, 1.54) is 0 Å². The van der Waals surface area contributed by atoms with Crippen LogP contribution in [-0.2, 0) is 11.2 Å². The van der Waals surface area contributed by atoms with Crippen LogP contribution in [0.3, 0.4) is 0 Å². The molecule has 0 spiro atoms. The van der Waals surface area contributed by atoms with Crippen LogP contribution in [0.1, 0.15) is 19.8 Å². The number of nitrogens with two attached hydrogens (primary N) is 1. The van der Waals surface area contributed by atoms with Gasteiger partial charge in [0.1, 0.15) is 5.75 Å². The standard InChI is InChI=1S/C15H17NO2/c1-18-13-9-8-12-5-2-4-11(14(12)10-13)6-3-7-15(16)17/h2,4-5,8-10H,3,6-7H2,1H3,(H2,16,17)/i2D. The maximum Gasteiger partial charge on any atom is 0.217 e. The van der Waals surface area contributed by atoms with Crippen LogP contribution in [0.15, 0.2) is 36.4 Å². The summed E-state index contributed by atoms with van der Waals surface area (Å²) in [5.74, 6) is 0.505. The molecule has 2 aromatic rings. The topological polar surface area (TPSA) is 52.3 Å². The van der Waals surface area contributed by atoms with Crippen LogP contribution in [0.4, 0.5) is 0 Å². The third kappa shape index (κ3) is 2.80. The first-order chi connectivity index (χ1) is 9.10. The molecule has 0 unspecified atom stereocenters. The van der Waals surface area contributed by atoms with E-state index in [1.54, 1.807) is 7.11 Å². The SMILES string of the molecule is [2H]c1cc(CCCC(N)=O)c2cc(OC)ccc2c1. The summed E-state index contributed by atoms with van der Waals surface area (Å²) in [5, 5.41) is 2.09. The molecular weight excluding hydrogens is 226 g/mol. The van der Waals surface area contributed by atoms with Crippen LogP contribution in [0.2, 0.25) is 0 Å². The summed E-state index contributed by atoms with van der Waals surface area (Å²) in [6.45, 7) is 0. The lowest BCUT2D eigenvalue weighted by molar-refractivity contribution is -0.118. The van der Waals surface area contributed by atoms with Crippen molar-refractivity contribution in [3.63, 3.8) is 0 Å². The highest BCUT2D eigenvalue weighted by atomic mass is 16.5. The number of benzene rings is 2. The molecule has 2 rings (SSSR count). The monoisotopic (exact) mass is 244 g/mol. The summed E-state index contributed by atoms with van der Waals surface area (Å²) in [4.78, 5) is 10.8. The molecule has 0 saturated carbocycles. The largest absolute Gasteiger partial charge is 0.497 e. The smallest absolute Gasteiger partial charge is 0.217 e. The number of hydrogen-bond donors (Lipinski definition) is 1. The Morgan fingerprint density at radius 1 is 1.39 bits per heavy atom. The van der Waals surface area contributed by atoms with Gasteiger partial charge in [0, 0.05) is 6.42 Å². The number of primary amides is 1. The van der Waals surface area contributed by atoms with Gasteiger partial charge in [0.05, 0.1) is 8.48 Å². The third-order valence-corrected chi connectivity index (χ3v) is 2.97. The third-order valence-electron chi connectivity index (χ3n) is 2.97. The van der Waals surface area contributed by atoms with Gasteiger partial charge in [-0.2, -0.15) is 0 Å². The number of amides is 1. The fourth-order valence-corrected chi connectivity index (χ4v) is 2.04. The van der Waals surface area contributed by atoms with Crippen molar-refractivity contribution < 1.29 is 10.9 Å². The first-order valence-electron chi connectivity index (χ1n) is 6.46. The molecular formula is C15H17NO2. The van der Waals surface area contributed by atoms with Crippen molar-refractivity contribution in [1.29, 1.82) is 0 Å². The Balaban J connectivity index is 2.36. The van der Waals surface area contributed by atoms with E-state index in [4.69, 9.17) is 11.8 Å². The van der Waals surface area contributed by atoms with Gasteiger partial charge in [-0.05, 0) is 41.3 Å². The predicted octanol–water partition coefficient (Wildman–Crippen LogP) is 2.66. The average Bonchev–Trinajstić information content (AvgIpc) is 2.37. The number of aryl methyl sites for hydroxylation is 1. The Bertz CT molecular complexity index is 610. The summed E-state index contributed by atoms with van der Waals surface area (Å²) in [7, 11) is 1.63. The molecule has 0 heterocycles. The Morgan fingerprint density at radius 2 is 2.22 bits per heavy atom. The molecule has 94 valence electrons. The predicted molar refractivity (Wildman–Crippen MR) is 72.6 cm³/mol. The number of methoxy groups -OCH3 is 1. The van der Waals surface area contributed by atoms with E-state index in [-0.39, 0.29) is 5.91 Å². The fraction of sp³-hybridized carbons (Fsp3) is 0.267. The molecule has 3 nitrogen and oxygen atoms in total. The van der Waals surface area contributed by atoms with Crippen LogP contribution in [0.5, 0.6) is 5.75 Å². The van der Waals surface area contributed by atoms with Gasteiger partial charge in [0.2, 0.25) is 5.91 Å². The molecule has 1 amide bonds. The molecule has 0 aliphatic rings. The van der Waals surface area contributed by atoms with Crippen LogP contribution >= 0.6 is 0 Å². The highest BCUT2D eigenvalue weighted by Crippen LogP contribution is 2.25. The second-order valence-electron chi connectivity index (χ2n) is 4.25. The van der Waals surface area contributed by atoms with Gasteiger partial charge in [-0.3, -0.25) is 4.79 Å². The van der Waals surface area contributed by atoms with E-state index in [0.717, 1.165) is 28.5 Å². The van der Waals surface area contributed by atoms with Gasteiger partial charge in [-0.15, -0.1) is 0 Å². The van der Waals surface area contributed by atoms with E-state index < -0.39 is 0 Å². The first kappa shape index (κ1) is 11.1. The molecule has 0 bridgehead atoms. The van der Waals surface area contributed by atoms with Crippen LogP contribution < -0.4 is 10.5 Å². The number of carbonyl (C=O) groups is 1. The Kier molecular flexibility index (Phi) is 3.41. The number of carbonyl (C=O) groups excluding carboxylic acids is 1. The molecule has 0 saturated heterocycles. The summed E-state index contributed by atoms with van der Waals surface area (Å²) in [6.07, 6.45) is 1.80. The van der Waals surface area contributed by atoms with Gasteiger partial charge < -0.3 is 10.5 Å². The highest BCUT2D eigenvalue weighted by molar-refractivity contribution is 5.87. The van der Waals surface area contributed by atoms with Gasteiger partial charge in [-0.1, -0.05) is 24.2 Å². The first-order valence-corrected chi connectivity index (χ1v) is 5.96. The molecule has 0 fully saturated rings. The highest BCUT2D eigenvalue weighted by Gasteiger charge is 2.03. The minimum absolute atomic E-state index is 0.288. The lowest BCUT2D eigenvalue weighted by Crippen LogP contribution is -2.10. The lowest BCUT2D eigenvalue weighted by Gasteiger charge is -2.08. The maximum absolute atomic E-state index is 10.8. The summed E-state index contributed by atoms with van der Waals surface area (Å²) >= 11 is 0. The zero-order chi connectivity index (χ0) is 13.8. The van der Waals surface area contributed by atoms with E-state index in [9.17, 15) is 4.79 Å². The number of fused-ring (bicyclic) bond motifs is 1. The second-order valence-corrected chi connectivity index (χ2v) is 4.25. The zero-order valence-corrected chi connectivity index (χ0v) is 10.4. The van der Waals surface area contributed by atoms with Crippen molar-refractivity contribution >= 4 is 16.7 Å². The minimum Gasteiger partial charge on any atom is -0.497 e. The zero-order valence-electron chi connectivity index (χ0n) is 11.4.